The minimum absolute atomic E-state index is 0.0742. The summed E-state index contributed by atoms with van der Waals surface area (Å²) in [5, 5.41) is 6.89. The molecule has 0 saturated carbocycles. The molecule has 8 nitrogen and oxygen atoms in total. The van der Waals surface area contributed by atoms with Crippen molar-refractivity contribution in [1.29, 1.82) is 0 Å². The van der Waals surface area contributed by atoms with Gasteiger partial charge < -0.3 is 20.5 Å². The average molecular weight is 498 g/mol. The molecule has 1 fully saturated rings. The number of carbonyl (C=O) groups excluding carboxylic acids is 2. The predicted octanol–water partition coefficient (Wildman–Crippen LogP) is 4.39. The minimum Gasteiger partial charge on any atom is -0.361 e. The van der Waals surface area contributed by atoms with Gasteiger partial charge in [0, 0.05) is 19.2 Å². The van der Waals surface area contributed by atoms with E-state index < -0.39 is 6.04 Å². The molecule has 0 spiro atoms. The van der Waals surface area contributed by atoms with Gasteiger partial charge in [-0.05, 0) is 37.8 Å². The Hall–Kier alpha value is -3.04. The quantitative estimate of drug-likeness (QED) is 0.500. The summed E-state index contributed by atoms with van der Waals surface area (Å²) in [5.41, 5.74) is 11.1. The van der Waals surface area contributed by atoms with E-state index in [2.05, 4.69) is 41.4 Å². The lowest BCUT2D eigenvalue weighted by molar-refractivity contribution is -0.138. The number of rotatable bonds is 7. The summed E-state index contributed by atoms with van der Waals surface area (Å²) in [6.45, 7) is 9.02. The fraction of sp³-hybridized carbons (Fsp3) is 0.462. The van der Waals surface area contributed by atoms with Crippen molar-refractivity contribution in [2.75, 3.05) is 6.54 Å². The molecule has 2 aromatic heterocycles. The zero-order valence-corrected chi connectivity index (χ0v) is 21.7. The number of nitrogens with two attached hydrogens (primary N) is 1. The van der Waals surface area contributed by atoms with Crippen molar-refractivity contribution in [2.24, 2.45) is 5.73 Å². The van der Waals surface area contributed by atoms with E-state index in [0.717, 1.165) is 28.1 Å². The highest BCUT2D eigenvalue weighted by Gasteiger charge is 2.35. The Morgan fingerprint density at radius 2 is 2.00 bits per heavy atom. The summed E-state index contributed by atoms with van der Waals surface area (Å²) in [7, 11) is 0. The lowest BCUT2D eigenvalue weighted by atomic mass is 10.0. The van der Waals surface area contributed by atoms with E-state index in [1.54, 1.807) is 22.3 Å². The van der Waals surface area contributed by atoms with E-state index in [-0.39, 0.29) is 30.8 Å². The second-order valence-corrected chi connectivity index (χ2v) is 9.59. The molecule has 3 heterocycles. The molecule has 188 valence electrons. The first-order valence-electron chi connectivity index (χ1n) is 12.1. The Labute approximate surface area is 210 Å². The molecule has 1 saturated heterocycles. The van der Waals surface area contributed by atoms with Crippen LogP contribution in [0.3, 0.4) is 0 Å². The number of aryl methyl sites for hydroxylation is 1. The highest BCUT2D eigenvalue weighted by atomic mass is 32.1. The molecule has 3 N–H and O–H groups in total. The molecule has 0 bridgehead atoms. The molecule has 1 aliphatic rings. The number of hydrogen-bond donors (Lipinski definition) is 2. The van der Waals surface area contributed by atoms with Gasteiger partial charge in [0.25, 0.3) is 0 Å². The molecule has 2 amide bonds. The molecular formula is C26H35N5O3S. The molecule has 2 unspecified atom stereocenters. The lowest BCUT2D eigenvalue weighted by Gasteiger charge is -2.25. The van der Waals surface area contributed by atoms with Gasteiger partial charge in [0.15, 0.2) is 0 Å². The van der Waals surface area contributed by atoms with Crippen LogP contribution in [0.25, 0.3) is 10.4 Å². The smallest absolute Gasteiger partial charge is 0.243 e. The second-order valence-electron chi connectivity index (χ2n) is 8.74. The third-order valence-electron chi connectivity index (χ3n) is 5.80. The van der Waals surface area contributed by atoms with E-state index >= 15 is 0 Å². The number of aromatic nitrogens is 2. The monoisotopic (exact) mass is 497 g/mol. The van der Waals surface area contributed by atoms with Gasteiger partial charge in [-0.3, -0.25) is 9.59 Å². The maximum atomic E-state index is 13.0. The summed E-state index contributed by atoms with van der Waals surface area (Å²) in [6, 6.07) is 9.20. The zero-order chi connectivity index (χ0) is 25.4. The average Bonchev–Trinajstić information content (AvgIpc) is 3.60. The van der Waals surface area contributed by atoms with Crippen LogP contribution in [0.5, 0.6) is 0 Å². The van der Waals surface area contributed by atoms with Gasteiger partial charge in [-0.1, -0.05) is 49.7 Å². The van der Waals surface area contributed by atoms with E-state index in [1.807, 2.05) is 31.5 Å². The van der Waals surface area contributed by atoms with Crippen LogP contribution in [0.1, 0.15) is 68.8 Å². The van der Waals surface area contributed by atoms with Crippen molar-refractivity contribution in [3.05, 3.63) is 58.6 Å². The van der Waals surface area contributed by atoms with Crippen molar-refractivity contribution in [1.82, 2.24) is 20.4 Å². The van der Waals surface area contributed by atoms with Crippen LogP contribution < -0.4 is 11.1 Å². The first kappa shape index (κ1) is 26.6. The normalized spacial score (nSPS) is 15.9. The Balaban J connectivity index is 0.00000108. The van der Waals surface area contributed by atoms with E-state index in [0.29, 0.717) is 24.4 Å². The number of thiazole rings is 1. The Kier molecular flexibility index (Phi) is 9.56. The highest BCUT2D eigenvalue weighted by molar-refractivity contribution is 7.13. The van der Waals surface area contributed by atoms with Crippen LogP contribution in [-0.4, -0.2) is 39.4 Å². The van der Waals surface area contributed by atoms with Gasteiger partial charge in [-0.2, -0.15) is 0 Å². The van der Waals surface area contributed by atoms with Crippen molar-refractivity contribution >= 4 is 23.2 Å². The third kappa shape index (κ3) is 6.76. The van der Waals surface area contributed by atoms with E-state index in [4.69, 9.17) is 10.3 Å². The van der Waals surface area contributed by atoms with Crippen molar-refractivity contribution in [3.63, 3.8) is 0 Å². The Morgan fingerprint density at radius 1 is 1.29 bits per heavy atom. The fourth-order valence-electron chi connectivity index (χ4n) is 4.02. The Morgan fingerprint density at radius 3 is 2.60 bits per heavy atom. The molecular weight excluding hydrogens is 462 g/mol. The number of nitrogens with one attached hydrogen (secondary N) is 1. The largest absolute Gasteiger partial charge is 0.361 e. The summed E-state index contributed by atoms with van der Waals surface area (Å²) in [4.78, 5) is 32.9. The molecule has 2 atom stereocenters. The van der Waals surface area contributed by atoms with Crippen molar-refractivity contribution in [3.8, 4) is 10.4 Å². The number of likely N-dealkylation sites (tertiary alicyclic amines) is 1. The standard InChI is InChI=1S/C23H27N5O3S.C3H8/c1-14(16-5-7-17(8-6-16)22-15(2)25-13-32-22)26-23(30)20-4-3-9-28(20)21(29)11-19-10-18(12-24)27-31-19;1-3-2/h5-8,10,13-14,20H,3-4,9,11-12,24H2,1-2H3,(H,26,30);3H2,1-2H3. The zero-order valence-electron chi connectivity index (χ0n) is 20.9. The van der Waals surface area contributed by atoms with E-state index in [1.165, 1.54) is 6.42 Å². The summed E-state index contributed by atoms with van der Waals surface area (Å²) in [5.74, 6) is 0.191. The number of hydrogen-bond acceptors (Lipinski definition) is 7. The topological polar surface area (TPSA) is 114 Å². The van der Waals surface area contributed by atoms with Gasteiger partial charge in [-0.15, -0.1) is 11.3 Å². The summed E-state index contributed by atoms with van der Waals surface area (Å²) >= 11 is 1.62. The molecule has 0 aliphatic carbocycles. The molecule has 4 rings (SSSR count). The van der Waals surface area contributed by atoms with Crippen LogP contribution in [0.4, 0.5) is 0 Å². The second kappa shape index (κ2) is 12.6. The fourth-order valence-corrected chi connectivity index (χ4v) is 4.83. The van der Waals surface area contributed by atoms with Gasteiger partial charge in [-0.25, -0.2) is 4.98 Å². The molecule has 1 aromatic carbocycles. The third-order valence-corrected chi connectivity index (χ3v) is 6.77. The molecule has 0 radical (unpaired) electrons. The van der Waals surface area contributed by atoms with Crippen LogP contribution in [0.2, 0.25) is 0 Å². The van der Waals surface area contributed by atoms with Crippen molar-refractivity contribution in [2.45, 2.75) is 72.0 Å². The first-order valence-corrected chi connectivity index (χ1v) is 13.0. The molecule has 9 heteroatoms. The molecule has 1 aliphatic heterocycles. The van der Waals surface area contributed by atoms with Crippen LogP contribution in [-0.2, 0) is 22.6 Å². The first-order chi connectivity index (χ1) is 16.9. The highest BCUT2D eigenvalue weighted by Crippen LogP contribution is 2.28. The molecule has 3 aromatic rings. The SMILES string of the molecule is CCC.Cc1ncsc1-c1ccc(C(C)NC(=O)C2CCCN2C(=O)Cc2cc(CN)no2)cc1. The number of nitrogens with zero attached hydrogens (tertiary/aromatic N) is 3. The predicted molar refractivity (Wildman–Crippen MR) is 138 cm³/mol. The van der Waals surface area contributed by atoms with Gasteiger partial charge in [0.05, 0.1) is 34.2 Å². The maximum absolute atomic E-state index is 13.0. The van der Waals surface area contributed by atoms with Crippen LogP contribution in [0.15, 0.2) is 40.4 Å². The van der Waals surface area contributed by atoms with Crippen LogP contribution >= 0.6 is 11.3 Å². The van der Waals surface area contributed by atoms with Crippen LogP contribution in [0, 0.1) is 6.92 Å². The van der Waals surface area contributed by atoms with Crippen molar-refractivity contribution < 1.29 is 14.1 Å². The number of benzene rings is 1. The number of amides is 2. The molecule has 35 heavy (non-hydrogen) atoms. The summed E-state index contributed by atoms with van der Waals surface area (Å²) in [6.07, 6.45) is 2.77. The summed E-state index contributed by atoms with van der Waals surface area (Å²) < 4.78 is 5.17. The van der Waals surface area contributed by atoms with Gasteiger partial charge >= 0.3 is 0 Å². The number of carbonyl (C=O) groups is 2. The maximum Gasteiger partial charge on any atom is 0.243 e. The van der Waals surface area contributed by atoms with E-state index in [9.17, 15) is 9.59 Å². The lowest BCUT2D eigenvalue weighted by Crippen LogP contribution is -2.47. The van der Waals surface area contributed by atoms with Gasteiger partial charge in [0.2, 0.25) is 11.8 Å². The minimum atomic E-state index is -0.471. The van der Waals surface area contributed by atoms with Gasteiger partial charge in [0.1, 0.15) is 11.8 Å². The Bertz CT molecular complexity index is 1110.